The summed E-state index contributed by atoms with van der Waals surface area (Å²) in [5, 5.41) is 4.29. The van der Waals surface area contributed by atoms with Crippen molar-refractivity contribution in [1.82, 2.24) is 15.2 Å². The van der Waals surface area contributed by atoms with E-state index < -0.39 is 0 Å². The molecule has 0 spiro atoms. The maximum atomic E-state index is 13.1. The van der Waals surface area contributed by atoms with E-state index >= 15 is 0 Å². The van der Waals surface area contributed by atoms with Gasteiger partial charge >= 0.3 is 0 Å². The van der Waals surface area contributed by atoms with E-state index in [1.807, 2.05) is 11.1 Å². The molecule has 0 radical (unpaired) electrons. The zero-order chi connectivity index (χ0) is 25.7. The number of piperidine rings is 1. The maximum absolute atomic E-state index is 13.1. The topological polar surface area (TPSA) is 92.9 Å². The van der Waals surface area contributed by atoms with Crippen LogP contribution in [0.1, 0.15) is 40.7 Å². The van der Waals surface area contributed by atoms with Gasteiger partial charge in [-0.3, -0.25) is 9.59 Å². The molecule has 8 nitrogen and oxygen atoms in total. The monoisotopic (exact) mass is 493 g/mol. The van der Waals surface area contributed by atoms with Gasteiger partial charge in [-0.1, -0.05) is 11.6 Å². The number of aryl methyl sites for hydroxylation is 1. The Morgan fingerprint density at radius 2 is 1.72 bits per heavy atom. The van der Waals surface area contributed by atoms with Gasteiger partial charge in [0.2, 0.25) is 11.7 Å². The van der Waals surface area contributed by atoms with Crippen LogP contribution in [0.3, 0.4) is 0 Å². The minimum atomic E-state index is -0.0777. The van der Waals surface area contributed by atoms with Crippen molar-refractivity contribution in [2.75, 3.05) is 41.0 Å². The van der Waals surface area contributed by atoms with Gasteiger partial charge in [0.1, 0.15) is 0 Å². The Morgan fingerprint density at radius 3 is 2.36 bits per heavy atom. The lowest BCUT2D eigenvalue weighted by Gasteiger charge is -2.32. The molecule has 0 saturated carbocycles. The lowest BCUT2D eigenvalue weighted by atomic mass is 9.92. The van der Waals surface area contributed by atoms with Crippen molar-refractivity contribution in [3.05, 3.63) is 53.2 Å². The van der Waals surface area contributed by atoms with Crippen LogP contribution in [0.4, 0.5) is 0 Å². The molecule has 0 atom stereocenters. The fraction of sp³-hybridized carbons (Fsp3) is 0.429. The second-order valence-electron chi connectivity index (χ2n) is 9.32. The Kier molecular flexibility index (Phi) is 8.03. The summed E-state index contributed by atoms with van der Waals surface area (Å²) in [6.45, 7) is 3.92. The summed E-state index contributed by atoms with van der Waals surface area (Å²) >= 11 is 0. The van der Waals surface area contributed by atoms with Gasteiger partial charge in [-0.15, -0.1) is 0 Å². The van der Waals surface area contributed by atoms with Crippen LogP contribution in [0.2, 0.25) is 0 Å². The number of nitrogens with one attached hydrogen (secondary N) is 2. The van der Waals surface area contributed by atoms with E-state index in [0.29, 0.717) is 48.9 Å². The molecule has 2 N–H and O–H groups in total. The quantitative estimate of drug-likeness (QED) is 0.468. The van der Waals surface area contributed by atoms with Crippen molar-refractivity contribution >= 4 is 22.7 Å². The molecule has 1 aromatic heterocycles. The highest BCUT2D eigenvalue weighted by Gasteiger charge is 2.27. The third-order valence-corrected chi connectivity index (χ3v) is 6.93. The first-order valence-electron chi connectivity index (χ1n) is 12.4. The molecule has 1 fully saturated rings. The van der Waals surface area contributed by atoms with Crippen LogP contribution in [-0.4, -0.2) is 62.7 Å². The summed E-state index contributed by atoms with van der Waals surface area (Å²) < 4.78 is 16.1. The van der Waals surface area contributed by atoms with Gasteiger partial charge in [0.15, 0.2) is 11.5 Å². The third kappa shape index (κ3) is 5.58. The van der Waals surface area contributed by atoms with Crippen LogP contribution < -0.4 is 19.5 Å². The Hall–Kier alpha value is -3.68. The van der Waals surface area contributed by atoms with Gasteiger partial charge in [-0.25, -0.2) is 0 Å². The highest BCUT2D eigenvalue weighted by Crippen LogP contribution is 2.38. The second-order valence-corrected chi connectivity index (χ2v) is 9.32. The van der Waals surface area contributed by atoms with E-state index in [4.69, 9.17) is 14.2 Å². The number of hydrogen-bond acceptors (Lipinski definition) is 5. The van der Waals surface area contributed by atoms with Gasteiger partial charge in [0, 0.05) is 48.7 Å². The average molecular weight is 494 g/mol. The summed E-state index contributed by atoms with van der Waals surface area (Å²) in [6.07, 6.45) is 4.89. The number of methoxy groups -OCH3 is 3. The lowest BCUT2D eigenvalue weighted by Crippen LogP contribution is -2.39. The molecule has 1 aliphatic heterocycles. The van der Waals surface area contributed by atoms with Crippen LogP contribution >= 0.6 is 0 Å². The van der Waals surface area contributed by atoms with Crippen molar-refractivity contribution in [3.8, 4) is 17.2 Å². The molecule has 2 aromatic carbocycles. The van der Waals surface area contributed by atoms with E-state index in [1.165, 1.54) is 37.8 Å². The van der Waals surface area contributed by atoms with E-state index in [2.05, 4.69) is 35.4 Å². The van der Waals surface area contributed by atoms with E-state index in [9.17, 15) is 9.59 Å². The molecule has 0 aliphatic carbocycles. The fourth-order valence-corrected chi connectivity index (χ4v) is 4.90. The highest BCUT2D eigenvalue weighted by molar-refractivity contribution is 5.95. The molecule has 0 bridgehead atoms. The zero-order valence-electron chi connectivity index (χ0n) is 21.5. The van der Waals surface area contributed by atoms with Crippen molar-refractivity contribution < 1.29 is 23.8 Å². The molecule has 1 saturated heterocycles. The van der Waals surface area contributed by atoms with Crippen LogP contribution in [0.15, 0.2) is 36.5 Å². The van der Waals surface area contributed by atoms with Gasteiger partial charge in [-0.2, -0.15) is 0 Å². The summed E-state index contributed by atoms with van der Waals surface area (Å²) in [4.78, 5) is 30.8. The number of likely N-dealkylation sites (tertiary alicyclic amines) is 1. The smallest absolute Gasteiger partial charge is 0.254 e. The predicted octanol–water partition coefficient (Wildman–Crippen LogP) is 4.10. The van der Waals surface area contributed by atoms with Crippen molar-refractivity contribution in [3.63, 3.8) is 0 Å². The number of carbonyl (C=O) groups is 2. The average Bonchev–Trinajstić information content (AvgIpc) is 3.29. The number of H-pyrrole nitrogens is 1. The predicted molar refractivity (Wildman–Crippen MR) is 139 cm³/mol. The summed E-state index contributed by atoms with van der Waals surface area (Å²) in [7, 11) is 4.60. The van der Waals surface area contributed by atoms with Crippen LogP contribution in [0.5, 0.6) is 17.2 Å². The standard InChI is InChI=1S/C28H35N3O5/c1-18-5-6-23-22(13-18)20(17-30-23)7-10-29-26(32)14-19-8-11-31(12-9-19)28(33)21-15-24(34-2)27(36-4)25(16-21)35-3/h5-6,13,15-17,19,30H,7-12,14H2,1-4H3,(H,29,32). The normalized spacial score (nSPS) is 14.1. The largest absolute Gasteiger partial charge is 0.493 e. The molecular weight excluding hydrogens is 458 g/mol. The molecule has 0 unspecified atom stereocenters. The van der Waals surface area contributed by atoms with E-state index in [-0.39, 0.29) is 17.7 Å². The number of amides is 2. The Balaban J connectivity index is 1.26. The minimum Gasteiger partial charge on any atom is -0.493 e. The molecule has 4 rings (SSSR count). The highest BCUT2D eigenvalue weighted by atomic mass is 16.5. The SMILES string of the molecule is COc1cc(C(=O)N2CCC(CC(=O)NCCc3c[nH]c4ccc(C)cc34)CC2)cc(OC)c1OC. The van der Waals surface area contributed by atoms with Gasteiger partial charge in [-0.05, 0) is 61.9 Å². The number of fused-ring (bicyclic) bond motifs is 1. The molecular formula is C28H35N3O5. The van der Waals surface area contributed by atoms with Gasteiger partial charge in [0.05, 0.1) is 21.3 Å². The zero-order valence-corrected chi connectivity index (χ0v) is 21.5. The number of aromatic amines is 1. The third-order valence-electron chi connectivity index (χ3n) is 6.93. The first-order chi connectivity index (χ1) is 17.4. The molecule has 2 amide bonds. The number of hydrogen-bond donors (Lipinski definition) is 2. The minimum absolute atomic E-state index is 0.0698. The molecule has 3 aromatic rings. The first-order valence-corrected chi connectivity index (χ1v) is 12.4. The van der Waals surface area contributed by atoms with Crippen LogP contribution in [0.25, 0.3) is 10.9 Å². The Bertz CT molecular complexity index is 1200. The fourth-order valence-electron chi connectivity index (χ4n) is 4.90. The Morgan fingerprint density at radius 1 is 1.03 bits per heavy atom. The van der Waals surface area contributed by atoms with Crippen molar-refractivity contribution in [2.45, 2.75) is 32.6 Å². The molecule has 8 heteroatoms. The molecule has 36 heavy (non-hydrogen) atoms. The van der Waals surface area contributed by atoms with E-state index in [1.54, 1.807) is 12.1 Å². The summed E-state index contributed by atoms with van der Waals surface area (Å²) in [6, 6.07) is 9.71. The summed E-state index contributed by atoms with van der Waals surface area (Å²) in [5.74, 6) is 1.63. The molecule has 192 valence electrons. The number of benzene rings is 2. The summed E-state index contributed by atoms with van der Waals surface area (Å²) in [5.41, 5.74) is 4.05. The first kappa shape index (κ1) is 25.4. The molecule has 2 heterocycles. The van der Waals surface area contributed by atoms with Crippen LogP contribution in [-0.2, 0) is 11.2 Å². The number of rotatable bonds is 9. The Labute approximate surface area is 211 Å². The number of ether oxygens (including phenoxy) is 3. The molecule has 1 aliphatic rings. The maximum Gasteiger partial charge on any atom is 0.254 e. The van der Waals surface area contributed by atoms with Crippen molar-refractivity contribution in [1.29, 1.82) is 0 Å². The van der Waals surface area contributed by atoms with E-state index in [0.717, 1.165) is 24.8 Å². The van der Waals surface area contributed by atoms with Crippen LogP contribution in [0, 0.1) is 12.8 Å². The van der Waals surface area contributed by atoms with Gasteiger partial charge in [0.25, 0.3) is 5.91 Å². The number of aromatic nitrogens is 1. The number of nitrogens with zero attached hydrogens (tertiary/aromatic N) is 1. The van der Waals surface area contributed by atoms with Crippen molar-refractivity contribution in [2.24, 2.45) is 5.92 Å². The van der Waals surface area contributed by atoms with Gasteiger partial charge < -0.3 is 29.4 Å². The number of carbonyl (C=O) groups excluding carboxylic acids is 2. The lowest BCUT2D eigenvalue weighted by molar-refractivity contribution is -0.122. The second kappa shape index (κ2) is 11.4.